The molecule has 2 atom stereocenters. The van der Waals surface area contributed by atoms with Gasteiger partial charge in [0.05, 0.1) is 23.1 Å². The van der Waals surface area contributed by atoms with Gasteiger partial charge in [-0.3, -0.25) is 4.90 Å². The Morgan fingerprint density at radius 3 is 2.59 bits per heavy atom. The van der Waals surface area contributed by atoms with Gasteiger partial charge in [0, 0.05) is 13.1 Å². The SMILES string of the molecule is CC1CCN(C(CNC(=O)N2CCCC2c2nc3ccccc3[nH]2)c2ccccc2)CC1. The molecule has 0 saturated carbocycles. The van der Waals surface area contributed by atoms with Gasteiger partial charge in [-0.25, -0.2) is 9.78 Å². The van der Waals surface area contributed by atoms with Crippen molar-refractivity contribution in [3.8, 4) is 0 Å². The van der Waals surface area contributed by atoms with Crippen LogP contribution in [0.5, 0.6) is 0 Å². The molecule has 3 aromatic rings. The number of nitrogens with one attached hydrogen (secondary N) is 2. The number of imidazole rings is 1. The van der Waals surface area contributed by atoms with Crippen molar-refractivity contribution < 1.29 is 4.79 Å². The molecule has 2 amide bonds. The number of urea groups is 1. The van der Waals surface area contributed by atoms with Gasteiger partial charge in [-0.2, -0.15) is 0 Å². The van der Waals surface area contributed by atoms with Crippen LogP contribution in [0.4, 0.5) is 4.79 Å². The molecule has 2 unspecified atom stereocenters. The Morgan fingerprint density at radius 2 is 1.81 bits per heavy atom. The molecule has 3 heterocycles. The Balaban J connectivity index is 1.29. The lowest BCUT2D eigenvalue weighted by atomic mass is 9.95. The quantitative estimate of drug-likeness (QED) is 0.605. The fourth-order valence-corrected chi connectivity index (χ4v) is 5.18. The predicted octanol–water partition coefficient (Wildman–Crippen LogP) is 4.88. The highest BCUT2D eigenvalue weighted by Crippen LogP contribution is 2.32. The molecule has 0 aliphatic carbocycles. The summed E-state index contributed by atoms with van der Waals surface area (Å²) >= 11 is 0. The second kappa shape index (κ2) is 9.33. The van der Waals surface area contributed by atoms with Gasteiger partial charge in [0.1, 0.15) is 5.82 Å². The van der Waals surface area contributed by atoms with E-state index < -0.39 is 0 Å². The van der Waals surface area contributed by atoms with Crippen molar-refractivity contribution in [3.63, 3.8) is 0 Å². The second-order valence-corrected chi connectivity index (χ2v) is 9.32. The minimum atomic E-state index is 0.00779. The summed E-state index contributed by atoms with van der Waals surface area (Å²) in [5.41, 5.74) is 3.26. The summed E-state index contributed by atoms with van der Waals surface area (Å²) in [7, 11) is 0. The van der Waals surface area contributed by atoms with Gasteiger partial charge in [-0.05, 0) is 62.4 Å². The first-order valence-electron chi connectivity index (χ1n) is 12.0. The van der Waals surface area contributed by atoms with Crippen LogP contribution in [0.1, 0.15) is 56.1 Å². The summed E-state index contributed by atoms with van der Waals surface area (Å²) in [6.07, 6.45) is 4.38. The molecule has 2 aliphatic heterocycles. The number of piperidine rings is 1. The summed E-state index contributed by atoms with van der Waals surface area (Å²) in [6, 6.07) is 18.9. The number of carbonyl (C=O) groups is 1. The number of amides is 2. The number of nitrogens with zero attached hydrogens (tertiary/aromatic N) is 3. The smallest absolute Gasteiger partial charge is 0.318 e. The van der Waals surface area contributed by atoms with E-state index in [1.807, 2.05) is 29.2 Å². The summed E-state index contributed by atoms with van der Waals surface area (Å²) in [4.78, 5) is 26.0. The number of aromatic nitrogens is 2. The number of hydrogen-bond donors (Lipinski definition) is 2. The van der Waals surface area contributed by atoms with Gasteiger partial charge in [0.15, 0.2) is 0 Å². The Bertz CT molecular complexity index is 1010. The summed E-state index contributed by atoms with van der Waals surface area (Å²) < 4.78 is 0. The minimum Gasteiger partial charge on any atom is -0.340 e. The maximum absolute atomic E-state index is 13.3. The molecular formula is C26H33N5O. The molecule has 2 saturated heterocycles. The van der Waals surface area contributed by atoms with Crippen LogP contribution in [-0.2, 0) is 0 Å². The zero-order valence-electron chi connectivity index (χ0n) is 18.8. The first-order valence-corrected chi connectivity index (χ1v) is 12.0. The first kappa shape index (κ1) is 21.0. The third kappa shape index (κ3) is 4.37. The molecule has 168 valence electrons. The van der Waals surface area contributed by atoms with E-state index in [1.54, 1.807) is 0 Å². The maximum atomic E-state index is 13.3. The van der Waals surface area contributed by atoms with Crippen LogP contribution in [-0.4, -0.2) is 52.0 Å². The maximum Gasteiger partial charge on any atom is 0.318 e. The van der Waals surface area contributed by atoms with Gasteiger partial charge in [-0.15, -0.1) is 0 Å². The van der Waals surface area contributed by atoms with Crippen LogP contribution in [0.2, 0.25) is 0 Å². The molecule has 2 N–H and O–H groups in total. The Hall–Kier alpha value is -2.86. The fourth-order valence-electron chi connectivity index (χ4n) is 5.18. The number of aromatic amines is 1. The van der Waals surface area contributed by atoms with Crippen LogP contribution in [0.3, 0.4) is 0 Å². The lowest BCUT2D eigenvalue weighted by Crippen LogP contribution is -2.45. The normalized spacial score (nSPS) is 21.2. The van der Waals surface area contributed by atoms with Gasteiger partial charge in [0.25, 0.3) is 0 Å². The highest BCUT2D eigenvalue weighted by Gasteiger charge is 2.33. The van der Waals surface area contributed by atoms with Crippen molar-refractivity contribution in [2.24, 2.45) is 5.92 Å². The molecule has 2 fully saturated rings. The molecule has 5 rings (SSSR count). The molecule has 0 bridgehead atoms. The Kier molecular flexibility index (Phi) is 6.12. The third-order valence-corrected chi connectivity index (χ3v) is 7.13. The van der Waals surface area contributed by atoms with Crippen molar-refractivity contribution in [2.45, 2.75) is 44.7 Å². The van der Waals surface area contributed by atoms with E-state index >= 15 is 0 Å². The zero-order chi connectivity index (χ0) is 21.9. The number of hydrogen-bond acceptors (Lipinski definition) is 3. The minimum absolute atomic E-state index is 0.00779. The lowest BCUT2D eigenvalue weighted by molar-refractivity contribution is 0.132. The van der Waals surface area contributed by atoms with Crippen molar-refractivity contribution in [3.05, 3.63) is 66.0 Å². The van der Waals surface area contributed by atoms with Crippen molar-refractivity contribution in [1.82, 2.24) is 25.1 Å². The highest BCUT2D eigenvalue weighted by atomic mass is 16.2. The number of fused-ring (bicyclic) bond motifs is 1. The van der Waals surface area contributed by atoms with E-state index in [1.165, 1.54) is 18.4 Å². The van der Waals surface area contributed by atoms with Crippen LogP contribution in [0, 0.1) is 5.92 Å². The highest BCUT2D eigenvalue weighted by molar-refractivity contribution is 5.77. The van der Waals surface area contributed by atoms with Crippen LogP contribution in [0.15, 0.2) is 54.6 Å². The number of likely N-dealkylation sites (tertiary alicyclic amines) is 2. The van der Waals surface area contributed by atoms with E-state index in [4.69, 9.17) is 4.98 Å². The average Bonchev–Trinajstić information content (AvgIpc) is 3.48. The van der Waals surface area contributed by atoms with E-state index in [9.17, 15) is 4.79 Å². The van der Waals surface area contributed by atoms with Crippen LogP contribution >= 0.6 is 0 Å². The fraction of sp³-hybridized carbons (Fsp3) is 0.462. The molecule has 2 aliphatic rings. The second-order valence-electron chi connectivity index (χ2n) is 9.32. The van der Waals surface area contributed by atoms with E-state index in [0.29, 0.717) is 6.54 Å². The molecule has 0 spiro atoms. The van der Waals surface area contributed by atoms with E-state index in [-0.39, 0.29) is 18.1 Å². The molecular weight excluding hydrogens is 398 g/mol. The molecule has 32 heavy (non-hydrogen) atoms. The van der Waals surface area contributed by atoms with Gasteiger partial charge in [-0.1, -0.05) is 49.4 Å². The van der Waals surface area contributed by atoms with Crippen LogP contribution in [0.25, 0.3) is 11.0 Å². The molecule has 6 nitrogen and oxygen atoms in total. The van der Waals surface area contributed by atoms with Crippen LogP contribution < -0.4 is 5.32 Å². The van der Waals surface area contributed by atoms with Crippen molar-refractivity contribution in [2.75, 3.05) is 26.2 Å². The number of para-hydroxylation sites is 2. The number of benzene rings is 2. The molecule has 1 aromatic heterocycles. The van der Waals surface area contributed by atoms with Gasteiger partial charge in [0.2, 0.25) is 0 Å². The summed E-state index contributed by atoms with van der Waals surface area (Å²) in [6.45, 7) is 5.90. The summed E-state index contributed by atoms with van der Waals surface area (Å²) in [5.74, 6) is 1.68. The zero-order valence-corrected chi connectivity index (χ0v) is 18.8. The standard InChI is InChI=1S/C26H33N5O/c1-19-13-16-30(17-14-19)24(20-8-3-2-4-9-20)18-27-26(32)31-15-7-12-23(31)25-28-21-10-5-6-11-22(21)29-25/h2-6,8-11,19,23-24H,7,12-18H2,1H3,(H,27,32)(H,28,29). The number of H-pyrrole nitrogens is 1. The van der Waals surface area contributed by atoms with Gasteiger partial charge >= 0.3 is 6.03 Å². The van der Waals surface area contributed by atoms with E-state index in [0.717, 1.165) is 55.3 Å². The largest absolute Gasteiger partial charge is 0.340 e. The lowest BCUT2D eigenvalue weighted by Gasteiger charge is -2.37. The average molecular weight is 432 g/mol. The first-order chi connectivity index (χ1) is 15.7. The predicted molar refractivity (Wildman–Crippen MR) is 127 cm³/mol. The molecule has 2 aromatic carbocycles. The Morgan fingerprint density at radius 1 is 1.06 bits per heavy atom. The Labute approximate surface area is 190 Å². The number of carbonyl (C=O) groups excluding carboxylic acids is 1. The number of rotatable bonds is 5. The van der Waals surface area contributed by atoms with Crippen molar-refractivity contribution >= 4 is 17.1 Å². The van der Waals surface area contributed by atoms with Crippen molar-refractivity contribution in [1.29, 1.82) is 0 Å². The van der Waals surface area contributed by atoms with Gasteiger partial charge < -0.3 is 15.2 Å². The van der Waals surface area contributed by atoms with E-state index in [2.05, 4.69) is 52.5 Å². The topological polar surface area (TPSA) is 64.3 Å². The monoisotopic (exact) mass is 431 g/mol. The summed E-state index contributed by atoms with van der Waals surface area (Å²) in [5, 5.41) is 3.27. The molecule has 0 radical (unpaired) electrons. The third-order valence-electron chi connectivity index (χ3n) is 7.13. The molecule has 6 heteroatoms.